The summed E-state index contributed by atoms with van der Waals surface area (Å²) in [6.07, 6.45) is 3.08. The maximum Gasteiger partial charge on any atom is 0.372 e. The Balaban J connectivity index is 2.10. The summed E-state index contributed by atoms with van der Waals surface area (Å²) in [4.78, 5) is 15.0. The van der Waals surface area contributed by atoms with Gasteiger partial charge in [-0.25, -0.2) is 9.78 Å². The van der Waals surface area contributed by atoms with Crippen LogP contribution in [0.5, 0.6) is 0 Å². The number of carboxylic acids is 1. The summed E-state index contributed by atoms with van der Waals surface area (Å²) in [7, 11) is 0. The van der Waals surface area contributed by atoms with Crippen LogP contribution in [0.15, 0.2) is 44.6 Å². The van der Waals surface area contributed by atoms with Crippen molar-refractivity contribution in [3.8, 4) is 0 Å². The molecule has 17 heavy (non-hydrogen) atoms. The molecule has 2 rings (SSSR count). The zero-order valence-electron chi connectivity index (χ0n) is 8.59. The van der Waals surface area contributed by atoms with Crippen LogP contribution >= 0.6 is 27.7 Å². The van der Waals surface area contributed by atoms with Gasteiger partial charge in [-0.05, 0) is 34.1 Å². The third-order valence-electron chi connectivity index (χ3n) is 2.03. The Morgan fingerprint density at radius 3 is 3.06 bits per heavy atom. The number of rotatable bonds is 4. The van der Waals surface area contributed by atoms with Crippen LogP contribution in [0.2, 0.25) is 0 Å². The molecule has 0 spiro atoms. The number of nitrogens with zero attached hydrogens (tertiary/aromatic N) is 1. The Morgan fingerprint density at radius 1 is 1.53 bits per heavy atom. The molecule has 0 atom stereocenters. The number of carbonyl (C=O) groups is 1. The molecule has 0 aliphatic heterocycles. The first-order valence-electron chi connectivity index (χ1n) is 4.71. The number of halogens is 1. The molecule has 0 amide bonds. The number of hydrogen-bond acceptors (Lipinski definition) is 4. The van der Waals surface area contributed by atoms with E-state index in [4.69, 9.17) is 9.52 Å². The average Bonchev–Trinajstić information content (AvgIpc) is 2.76. The molecule has 0 aliphatic carbocycles. The van der Waals surface area contributed by atoms with E-state index in [1.165, 1.54) is 18.0 Å². The largest absolute Gasteiger partial charge is 0.475 e. The first kappa shape index (κ1) is 12.2. The van der Waals surface area contributed by atoms with E-state index in [1.54, 1.807) is 12.3 Å². The van der Waals surface area contributed by atoms with Crippen molar-refractivity contribution in [2.24, 2.45) is 0 Å². The number of hydrogen-bond donors (Lipinski definition) is 1. The number of aromatic carboxylic acids is 1. The number of carboxylic acid groups (broad SMARTS) is 1. The molecular formula is C11H8BrNO3S. The summed E-state index contributed by atoms with van der Waals surface area (Å²) in [6, 6.07) is 5.38. The highest BCUT2D eigenvalue weighted by Crippen LogP contribution is 2.28. The molecule has 0 aromatic carbocycles. The molecule has 0 radical (unpaired) electrons. The Labute approximate surface area is 110 Å². The third kappa shape index (κ3) is 2.89. The molecule has 0 bridgehead atoms. The van der Waals surface area contributed by atoms with Crippen molar-refractivity contribution >= 4 is 33.7 Å². The molecule has 2 aromatic rings. The van der Waals surface area contributed by atoms with E-state index in [9.17, 15) is 4.79 Å². The van der Waals surface area contributed by atoms with E-state index >= 15 is 0 Å². The van der Waals surface area contributed by atoms with Crippen LogP contribution < -0.4 is 0 Å². The van der Waals surface area contributed by atoms with E-state index in [1.807, 2.05) is 12.1 Å². The normalized spacial score (nSPS) is 10.4. The van der Waals surface area contributed by atoms with E-state index < -0.39 is 5.97 Å². The smallest absolute Gasteiger partial charge is 0.372 e. The Kier molecular flexibility index (Phi) is 3.86. The van der Waals surface area contributed by atoms with Crippen molar-refractivity contribution < 1.29 is 14.3 Å². The highest BCUT2D eigenvalue weighted by atomic mass is 79.9. The molecule has 0 saturated carbocycles. The highest BCUT2D eigenvalue weighted by Gasteiger charge is 2.14. The zero-order valence-corrected chi connectivity index (χ0v) is 11.0. The number of thioether (sulfide) groups is 1. The van der Waals surface area contributed by atoms with Gasteiger partial charge in [-0.15, -0.1) is 11.8 Å². The van der Waals surface area contributed by atoms with Gasteiger partial charge in [-0.3, -0.25) is 0 Å². The molecule has 4 nitrogen and oxygen atoms in total. The maximum absolute atomic E-state index is 10.8. The lowest BCUT2D eigenvalue weighted by atomic mass is 10.3. The molecule has 2 aromatic heterocycles. The predicted molar refractivity (Wildman–Crippen MR) is 67.2 cm³/mol. The number of pyridine rings is 1. The summed E-state index contributed by atoms with van der Waals surface area (Å²) < 4.78 is 5.79. The Morgan fingerprint density at radius 2 is 2.35 bits per heavy atom. The predicted octanol–water partition coefficient (Wildman–Crippen LogP) is 3.43. The molecule has 0 aliphatic rings. The van der Waals surface area contributed by atoms with E-state index in [0.29, 0.717) is 11.3 Å². The molecule has 6 heteroatoms. The molecule has 0 fully saturated rings. The Bertz CT molecular complexity index is 541. The van der Waals surface area contributed by atoms with Crippen molar-refractivity contribution in [1.29, 1.82) is 0 Å². The summed E-state index contributed by atoms with van der Waals surface area (Å²) in [5.74, 6) is -0.552. The first-order valence-corrected chi connectivity index (χ1v) is 6.49. The van der Waals surface area contributed by atoms with Gasteiger partial charge < -0.3 is 9.52 Å². The standard InChI is InChI=1S/C11H8BrNO3S/c12-8-2-1-4-13-10(8)17-6-7-3-5-16-9(7)11(14)15/h1-5H,6H2,(H,14,15). The van der Waals surface area contributed by atoms with E-state index in [-0.39, 0.29) is 5.76 Å². The van der Waals surface area contributed by atoms with Crippen molar-refractivity contribution in [2.75, 3.05) is 0 Å². The second-order valence-electron chi connectivity index (χ2n) is 3.16. The van der Waals surface area contributed by atoms with Crippen LogP contribution in [-0.2, 0) is 5.75 Å². The van der Waals surface area contributed by atoms with Crippen LogP contribution in [0.4, 0.5) is 0 Å². The summed E-state index contributed by atoms with van der Waals surface area (Å²) in [5, 5.41) is 9.70. The van der Waals surface area contributed by atoms with Gasteiger partial charge in [-0.1, -0.05) is 0 Å². The van der Waals surface area contributed by atoms with Crippen LogP contribution in [0, 0.1) is 0 Å². The molecule has 88 valence electrons. The molecule has 0 saturated heterocycles. The molecule has 1 N–H and O–H groups in total. The summed E-state index contributed by atoms with van der Waals surface area (Å²) in [6.45, 7) is 0. The Hall–Kier alpha value is -1.27. The maximum atomic E-state index is 10.8. The average molecular weight is 314 g/mol. The van der Waals surface area contributed by atoms with Crippen molar-refractivity contribution in [2.45, 2.75) is 10.8 Å². The molecule has 2 heterocycles. The lowest BCUT2D eigenvalue weighted by Crippen LogP contribution is -1.97. The van der Waals surface area contributed by atoms with Crippen LogP contribution in [0.1, 0.15) is 16.1 Å². The SMILES string of the molecule is O=C(O)c1occc1CSc1ncccc1Br. The van der Waals surface area contributed by atoms with Gasteiger partial charge >= 0.3 is 5.97 Å². The summed E-state index contributed by atoms with van der Waals surface area (Å²) in [5.41, 5.74) is 0.653. The highest BCUT2D eigenvalue weighted by molar-refractivity contribution is 9.10. The summed E-state index contributed by atoms with van der Waals surface area (Å²) >= 11 is 4.84. The second-order valence-corrected chi connectivity index (χ2v) is 4.98. The minimum Gasteiger partial charge on any atom is -0.475 e. The fraction of sp³-hybridized carbons (Fsp3) is 0.0909. The van der Waals surface area contributed by atoms with Crippen molar-refractivity contribution in [3.63, 3.8) is 0 Å². The molecular weight excluding hydrogens is 306 g/mol. The lowest BCUT2D eigenvalue weighted by Gasteiger charge is -2.01. The quantitative estimate of drug-likeness (QED) is 0.876. The fourth-order valence-electron chi connectivity index (χ4n) is 1.26. The zero-order chi connectivity index (χ0) is 12.3. The number of furan rings is 1. The van der Waals surface area contributed by atoms with Crippen molar-refractivity contribution in [1.82, 2.24) is 4.98 Å². The third-order valence-corrected chi connectivity index (χ3v) is 3.99. The second kappa shape index (κ2) is 5.37. The van der Waals surface area contributed by atoms with Crippen LogP contribution in [0.3, 0.4) is 0 Å². The minimum absolute atomic E-state index is 0.00967. The van der Waals surface area contributed by atoms with Crippen molar-refractivity contribution in [3.05, 3.63) is 46.5 Å². The topological polar surface area (TPSA) is 63.3 Å². The van der Waals surface area contributed by atoms with Gasteiger partial charge in [0.15, 0.2) is 0 Å². The van der Waals surface area contributed by atoms with Crippen LogP contribution in [0.25, 0.3) is 0 Å². The number of aromatic nitrogens is 1. The first-order chi connectivity index (χ1) is 8.18. The fourth-order valence-corrected chi connectivity index (χ4v) is 2.72. The molecule has 0 unspecified atom stereocenters. The van der Waals surface area contributed by atoms with Gasteiger partial charge in [0.1, 0.15) is 5.03 Å². The van der Waals surface area contributed by atoms with Gasteiger partial charge in [0.05, 0.1) is 6.26 Å². The van der Waals surface area contributed by atoms with Gasteiger partial charge in [0.2, 0.25) is 5.76 Å². The van der Waals surface area contributed by atoms with Gasteiger partial charge in [-0.2, -0.15) is 0 Å². The minimum atomic E-state index is -1.05. The van der Waals surface area contributed by atoms with Gasteiger partial charge in [0, 0.05) is 22.0 Å². The van der Waals surface area contributed by atoms with E-state index in [0.717, 1.165) is 9.50 Å². The lowest BCUT2D eigenvalue weighted by molar-refractivity contribution is 0.0661. The van der Waals surface area contributed by atoms with Gasteiger partial charge in [0.25, 0.3) is 0 Å². The van der Waals surface area contributed by atoms with Crippen LogP contribution in [-0.4, -0.2) is 16.1 Å². The van der Waals surface area contributed by atoms with E-state index in [2.05, 4.69) is 20.9 Å². The monoisotopic (exact) mass is 313 g/mol.